The number of hydrogen-bond donors (Lipinski definition) is 2. The van der Waals surface area contributed by atoms with Crippen LogP contribution < -0.4 is 5.32 Å². The maximum atomic E-state index is 10.8. The van der Waals surface area contributed by atoms with Gasteiger partial charge in [-0.05, 0) is 17.4 Å². The van der Waals surface area contributed by atoms with Crippen LogP contribution in [-0.2, 0) is 0 Å². The molecule has 0 aromatic carbocycles. The molecule has 0 fully saturated rings. The van der Waals surface area contributed by atoms with Gasteiger partial charge in [0.1, 0.15) is 5.82 Å². The van der Waals surface area contributed by atoms with Crippen molar-refractivity contribution in [3.63, 3.8) is 0 Å². The highest BCUT2D eigenvalue weighted by atomic mass is 35.5. The highest BCUT2D eigenvalue weighted by molar-refractivity contribution is 6.33. The molecule has 0 aliphatic heterocycles. The Morgan fingerprint density at radius 3 is 2.61 bits per heavy atom. The van der Waals surface area contributed by atoms with Crippen LogP contribution >= 0.6 is 11.6 Å². The Morgan fingerprint density at radius 1 is 1.56 bits per heavy atom. The molecule has 1 aromatic heterocycles. The average molecular weight is 271 g/mol. The molecule has 1 heterocycles. The van der Waals surface area contributed by atoms with Crippen LogP contribution in [0.5, 0.6) is 0 Å². The molecule has 0 radical (unpaired) electrons. The van der Waals surface area contributed by atoms with Crippen molar-refractivity contribution in [2.75, 3.05) is 11.9 Å². The summed E-state index contributed by atoms with van der Waals surface area (Å²) >= 11 is 5.99. The third-order valence-corrected chi connectivity index (χ3v) is 3.65. The van der Waals surface area contributed by atoms with E-state index in [-0.39, 0.29) is 11.0 Å². The van der Waals surface area contributed by atoms with Gasteiger partial charge in [-0.2, -0.15) is 0 Å². The molecule has 100 valence electrons. The van der Waals surface area contributed by atoms with Crippen molar-refractivity contribution in [1.29, 1.82) is 0 Å². The van der Waals surface area contributed by atoms with Gasteiger partial charge in [0.25, 0.3) is 0 Å². The molecule has 1 rings (SSSR count). The average Bonchev–Trinajstić information content (AvgIpc) is 2.26. The number of rotatable bonds is 5. The second-order valence-corrected chi connectivity index (χ2v) is 5.76. The fraction of sp³-hybridized carbons (Fsp3) is 0.538. The molecule has 0 saturated heterocycles. The first kappa shape index (κ1) is 14.8. The summed E-state index contributed by atoms with van der Waals surface area (Å²) < 4.78 is 0. The van der Waals surface area contributed by atoms with Gasteiger partial charge in [0, 0.05) is 12.7 Å². The van der Waals surface area contributed by atoms with Gasteiger partial charge in [-0.3, -0.25) is 0 Å². The Bertz CT molecular complexity index is 445. The summed E-state index contributed by atoms with van der Waals surface area (Å²) in [5.74, 6) is 0.0101. The number of aromatic carboxylic acids is 1. The lowest BCUT2D eigenvalue weighted by atomic mass is 9.81. The second-order valence-electron chi connectivity index (χ2n) is 5.36. The van der Waals surface area contributed by atoms with Crippen LogP contribution in [0.3, 0.4) is 0 Å². The van der Waals surface area contributed by atoms with Crippen LogP contribution in [0.25, 0.3) is 0 Å². The highest BCUT2D eigenvalue weighted by Crippen LogP contribution is 2.28. The number of aromatic nitrogens is 1. The first-order chi connectivity index (χ1) is 8.24. The molecule has 0 saturated carbocycles. The number of nitrogens with one attached hydrogen (secondary N) is 1. The molecule has 1 aromatic rings. The summed E-state index contributed by atoms with van der Waals surface area (Å²) in [5, 5.41) is 12.3. The molecule has 0 aliphatic carbocycles. The van der Waals surface area contributed by atoms with Crippen molar-refractivity contribution in [3.05, 3.63) is 22.8 Å². The number of anilines is 1. The summed E-state index contributed by atoms with van der Waals surface area (Å²) in [6.45, 7) is 9.35. The number of pyridine rings is 1. The van der Waals surface area contributed by atoms with E-state index in [4.69, 9.17) is 16.7 Å². The lowest BCUT2D eigenvalue weighted by Gasteiger charge is -2.29. The van der Waals surface area contributed by atoms with Crippen LogP contribution in [-0.4, -0.2) is 22.6 Å². The third kappa shape index (κ3) is 3.60. The van der Waals surface area contributed by atoms with Crippen LogP contribution in [0.2, 0.25) is 5.02 Å². The zero-order valence-electron chi connectivity index (χ0n) is 11.1. The Labute approximate surface area is 112 Å². The number of carbonyl (C=O) groups is 1. The van der Waals surface area contributed by atoms with Gasteiger partial charge in [0.15, 0.2) is 0 Å². The molecular formula is C13H19ClN2O2. The van der Waals surface area contributed by atoms with Gasteiger partial charge in [0.2, 0.25) is 0 Å². The molecule has 2 N–H and O–H groups in total. The minimum Gasteiger partial charge on any atom is -0.478 e. The molecule has 0 spiro atoms. The van der Waals surface area contributed by atoms with Crippen LogP contribution in [0.1, 0.15) is 38.1 Å². The number of hydrogen-bond acceptors (Lipinski definition) is 3. The van der Waals surface area contributed by atoms with Crippen LogP contribution in [0.15, 0.2) is 12.3 Å². The maximum Gasteiger partial charge on any atom is 0.337 e. The Kier molecular flexibility index (Phi) is 4.57. The molecule has 4 nitrogen and oxygen atoms in total. The Morgan fingerprint density at radius 2 is 2.17 bits per heavy atom. The molecule has 0 atom stereocenters. The van der Waals surface area contributed by atoms with E-state index in [1.165, 1.54) is 12.3 Å². The van der Waals surface area contributed by atoms with E-state index < -0.39 is 5.97 Å². The van der Waals surface area contributed by atoms with Crippen molar-refractivity contribution in [2.24, 2.45) is 11.3 Å². The minimum absolute atomic E-state index is 0.0914. The molecule has 5 heteroatoms. The van der Waals surface area contributed by atoms with Gasteiger partial charge in [-0.25, -0.2) is 9.78 Å². The molecule has 0 amide bonds. The predicted octanol–water partition coefficient (Wildman–Crippen LogP) is 3.53. The van der Waals surface area contributed by atoms with Crippen molar-refractivity contribution in [2.45, 2.75) is 27.7 Å². The first-order valence-electron chi connectivity index (χ1n) is 5.87. The van der Waals surface area contributed by atoms with Gasteiger partial charge in [0.05, 0.1) is 10.6 Å². The normalized spacial score (nSPS) is 11.7. The monoisotopic (exact) mass is 270 g/mol. The zero-order valence-corrected chi connectivity index (χ0v) is 11.9. The quantitative estimate of drug-likeness (QED) is 0.859. The van der Waals surface area contributed by atoms with E-state index in [0.29, 0.717) is 16.8 Å². The molecule has 18 heavy (non-hydrogen) atoms. The van der Waals surface area contributed by atoms with E-state index in [2.05, 4.69) is 38.0 Å². The highest BCUT2D eigenvalue weighted by Gasteiger charge is 2.22. The summed E-state index contributed by atoms with van der Waals surface area (Å²) in [5.41, 5.74) is 0.199. The van der Waals surface area contributed by atoms with Crippen molar-refractivity contribution in [3.8, 4) is 0 Å². The lowest BCUT2D eigenvalue weighted by molar-refractivity contribution is 0.0696. The van der Waals surface area contributed by atoms with Gasteiger partial charge >= 0.3 is 5.97 Å². The first-order valence-corrected chi connectivity index (χ1v) is 6.24. The number of halogens is 1. The smallest absolute Gasteiger partial charge is 0.337 e. The van der Waals surface area contributed by atoms with E-state index in [1.54, 1.807) is 0 Å². The SMILES string of the molecule is CC(C)C(C)(C)CNc1ncc(C(=O)O)cc1Cl. The van der Waals surface area contributed by atoms with Gasteiger partial charge in [-0.15, -0.1) is 0 Å². The molecular weight excluding hydrogens is 252 g/mol. The van der Waals surface area contributed by atoms with E-state index in [9.17, 15) is 4.79 Å². The van der Waals surface area contributed by atoms with Crippen molar-refractivity contribution >= 4 is 23.4 Å². The van der Waals surface area contributed by atoms with Crippen molar-refractivity contribution in [1.82, 2.24) is 4.98 Å². The zero-order chi connectivity index (χ0) is 13.9. The minimum atomic E-state index is -1.03. The molecule has 0 bridgehead atoms. The van der Waals surface area contributed by atoms with E-state index >= 15 is 0 Å². The Hall–Kier alpha value is -1.29. The maximum absolute atomic E-state index is 10.8. The number of carboxylic acids is 1. The number of nitrogens with zero attached hydrogens (tertiary/aromatic N) is 1. The predicted molar refractivity (Wildman–Crippen MR) is 73.3 cm³/mol. The fourth-order valence-corrected chi connectivity index (χ4v) is 1.43. The number of carboxylic acid groups (broad SMARTS) is 1. The Balaban J connectivity index is 2.78. The van der Waals surface area contributed by atoms with Gasteiger partial charge in [-0.1, -0.05) is 39.3 Å². The van der Waals surface area contributed by atoms with Crippen LogP contribution in [0.4, 0.5) is 5.82 Å². The lowest BCUT2D eigenvalue weighted by Crippen LogP contribution is -2.28. The summed E-state index contributed by atoms with van der Waals surface area (Å²) in [7, 11) is 0. The summed E-state index contributed by atoms with van der Waals surface area (Å²) in [6.07, 6.45) is 1.30. The molecule has 0 aliphatic rings. The second kappa shape index (κ2) is 5.57. The van der Waals surface area contributed by atoms with Gasteiger partial charge < -0.3 is 10.4 Å². The summed E-state index contributed by atoms with van der Waals surface area (Å²) in [6, 6.07) is 1.40. The van der Waals surface area contributed by atoms with E-state index in [1.807, 2.05) is 0 Å². The standard InChI is InChI=1S/C13H19ClN2O2/c1-8(2)13(3,4)7-16-11-10(14)5-9(6-15-11)12(17)18/h5-6,8H,7H2,1-4H3,(H,15,16)(H,17,18). The van der Waals surface area contributed by atoms with Crippen molar-refractivity contribution < 1.29 is 9.90 Å². The molecule has 0 unspecified atom stereocenters. The topological polar surface area (TPSA) is 62.2 Å². The van der Waals surface area contributed by atoms with Crippen LogP contribution in [0, 0.1) is 11.3 Å². The van der Waals surface area contributed by atoms with E-state index in [0.717, 1.165) is 6.54 Å². The third-order valence-electron chi connectivity index (χ3n) is 3.36. The summed E-state index contributed by atoms with van der Waals surface area (Å²) in [4.78, 5) is 14.8. The fourth-order valence-electron chi connectivity index (χ4n) is 1.20. The largest absolute Gasteiger partial charge is 0.478 e.